The number of rotatable bonds is 7. The van der Waals surface area contributed by atoms with E-state index in [1.165, 1.54) is 25.7 Å². The van der Waals surface area contributed by atoms with Gasteiger partial charge in [0.2, 0.25) is 0 Å². The minimum atomic E-state index is -0.803. The second-order valence-corrected chi connectivity index (χ2v) is 7.90. The molecular weight excluding hydrogens is 364 g/mol. The Labute approximate surface area is 170 Å². The third-order valence-electron chi connectivity index (χ3n) is 5.78. The highest BCUT2D eigenvalue weighted by Crippen LogP contribution is 2.37. The van der Waals surface area contributed by atoms with Gasteiger partial charge in [-0.1, -0.05) is 49.2 Å². The predicted molar refractivity (Wildman–Crippen MR) is 114 cm³/mol. The lowest BCUT2D eigenvalue weighted by Crippen LogP contribution is -2.10. The van der Waals surface area contributed by atoms with E-state index in [2.05, 4.69) is 6.07 Å². The monoisotopic (exact) mass is 390 g/mol. The van der Waals surface area contributed by atoms with Crippen LogP contribution >= 0.6 is 0 Å². The second-order valence-electron chi connectivity index (χ2n) is 7.90. The Balaban J connectivity index is 1.71. The van der Waals surface area contributed by atoms with E-state index in [0.717, 1.165) is 33.2 Å². The summed E-state index contributed by atoms with van der Waals surface area (Å²) in [4.78, 5) is 11.1. The van der Waals surface area contributed by atoms with Crippen LogP contribution in [0, 0.1) is 5.92 Å². The summed E-state index contributed by atoms with van der Waals surface area (Å²) in [6.07, 6.45) is 5.46. The zero-order valence-electron chi connectivity index (χ0n) is 16.4. The highest BCUT2D eigenvalue weighted by atomic mass is 16.5. The van der Waals surface area contributed by atoms with Crippen molar-refractivity contribution in [2.24, 2.45) is 5.92 Å². The van der Waals surface area contributed by atoms with Crippen LogP contribution in [0.1, 0.15) is 37.7 Å². The number of aromatic hydroxyl groups is 1. The first-order chi connectivity index (χ1) is 14.1. The van der Waals surface area contributed by atoms with Crippen molar-refractivity contribution in [3.8, 4) is 22.6 Å². The molecule has 0 heterocycles. The molecule has 0 radical (unpaired) electrons. The summed E-state index contributed by atoms with van der Waals surface area (Å²) < 4.78 is 6.34. The summed E-state index contributed by atoms with van der Waals surface area (Å²) in [5, 5.41) is 20.9. The van der Waals surface area contributed by atoms with Crippen molar-refractivity contribution in [3.63, 3.8) is 0 Å². The Bertz CT molecular complexity index is 1020. The third kappa shape index (κ3) is 4.53. The van der Waals surface area contributed by atoms with E-state index in [4.69, 9.17) is 9.84 Å². The lowest BCUT2D eigenvalue weighted by atomic mass is 9.96. The smallest absolute Gasteiger partial charge is 0.303 e. The third-order valence-corrected chi connectivity index (χ3v) is 5.78. The quantitative estimate of drug-likeness (QED) is 0.535. The van der Waals surface area contributed by atoms with Crippen molar-refractivity contribution in [2.45, 2.75) is 38.5 Å². The van der Waals surface area contributed by atoms with Crippen molar-refractivity contribution >= 4 is 16.7 Å². The van der Waals surface area contributed by atoms with Crippen LogP contribution < -0.4 is 4.74 Å². The average Bonchev–Trinajstić information content (AvgIpc) is 3.24. The Kier molecular flexibility index (Phi) is 5.70. The van der Waals surface area contributed by atoms with E-state index < -0.39 is 5.97 Å². The first-order valence-corrected chi connectivity index (χ1v) is 10.3. The van der Waals surface area contributed by atoms with E-state index in [9.17, 15) is 9.90 Å². The minimum absolute atomic E-state index is 0.0836. The van der Waals surface area contributed by atoms with Crippen LogP contribution in [0.25, 0.3) is 21.9 Å². The van der Waals surface area contributed by atoms with Crippen LogP contribution in [0.15, 0.2) is 54.6 Å². The number of carboxylic acids is 1. The standard InChI is InChI=1S/C25H26O4/c26-22-12-10-19-14-21(9-8-20(19)15-22)23-7-3-6-18(11-13-24(27)28)25(23)29-16-17-4-1-2-5-17/h3,6-10,12,14-15,17,26H,1-2,4-5,11,13,16H2,(H,27,28). The topological polar surface area (TPSA) is 66.8 Å². The van der Waals surface area contributed by atoms with Gasteiger partial charge in [0.25, 0.3) is 0 Å². The first-order valence-electron chi connectivity index (χ1n) is 10.3. The van der Waals surface area contributed by atoms with Gasteiger partial charge in [-0.25, -0.2) is 0 Å². The van der Waals surface area contributed by atoms with Gasteiger partial charge in [0.1, 0.15) is 11.5 Å². The Hall–Kier alpha value is -3.01. The molecule has 0 atom stereocenters. The number of phenolic OH excluding ortho intramolecular Hbond substituents is 1. The van der Waals surface area contributed by atoms with Gasteiger partial charge in [-0.2, -0.15) is 0 Å². The molecule has 2 N–H and O–H groups in total. The highest BCUT2D eigenvalue weighted by molar-refractivity contribution is 5.89. The number of phenols is 1. The lowest BCUT2D eigenvalue weighted by molar-refractivity contribution is -0.136. The highest BCUT2D eigenvalue weighted by Gasteiger charge is 2.19. The SMILES string of the molecule is O=C(O)CCc1cccc(-c2ccc3cc(O)ccc3c2)c1OCC1CCCC1. The predicted octanol–water partition coefficient (Wildman–Crippen LogP) is 5.80. The second kappa shape index (κ2) is 8.56. The molecule has 0 bridgehead atoms. The number of ether oxygens (including phenoxy) is 1. The summed E-state index contributed by atoms with van der Waals surface area (Å²) >= 11 is 0. The van der Waals surface area contributed by atoms with Crippen molar-refractivity contribution in [3.05, 3.63) is 60.2 Å². The largest absolute Gasteiger partial charge is 0.508 e. The van der Waals surface area contributed by atoms with Crippen LogP contribution in [-0.4, -0.2) is 22.8 Å². The fourth-order valence-corrected chi connectivity index (χ4v) is 4.20. The first kappa shape index (κ1) is 19.3. The van der Waals surface area contributed by atoms with E-state index in [0.29, 0.717) is 18.9 Å². The summed E-state index contributed by atoms with van der Waals surface area (Å²) in [5.74, 6) is 0.831. The minimum Gasteiger partial charge on any atom is -0.508 e. The zero-order valence-corrected chi connectivity index (χ0v) is 16.4. The van der Waals surface area contributed by atoms with Crippen LogP contribution in [0.3, 0.4) is 0 Å². The van der Waals surface area contributed by atoms with E-state index in [1.54, 1.807) is 12.1 Å². The van der Waals surface area contributed by atoms with Crippen molar-refractivity contribution in [1.82, 2.24) is 0 Å². The maximum atomic E-state index is 11.1. The molecule has 4 rings (SSSR count). The molecule has 0 amide bonds. The van der Waals surface area contributed by atoms with Crippen LogP contribution in [0.5, 0.6) is 11.5 Å². The van der Waals surface area contributed by atoms with Gasteiger partial charge in [0.05, 0.1) is 6.61 Å². The number of hydrogen-bond acceptors (Lipinski definition) is 3. The molecule has 0 unspecified atom stereocenters. The van der Waals surface area contributed by atoms with E-state index in [-0.39, 0.29) is 12.2 Å². The summed E-state index contributed by atoms with van der Waals surface area (Å²) in [5.41, 5.74) is 2.95. The maximum absolute atomic E-state index is 11.1. The molecule has 0 aliphatic heterocycles. The van der Waals surface area contributed by atoms with Crippen molar-refractivity contribution in [1.29, 1.82) is 0 Å². The van der Waals surface area contributed by atoms with Gasteiger partial charge in [-0.3, -0.25) is 4.79 Å². The number of aliphatic carboxylic acids is 1. The van der Waals surface area contributed by atoms with Crippen molar-refractivity contribution < 1.29 is 19.7 Å². The van der Waals surface area contributed by atoms with E-state index in [1.807, 2.05) is 36.4 Å². The molecule has 0 spiro atoms. The number of para-hydroxylation sites is 1. The molecule has 29 heavy (non-hydrogen) atoms. The average molecular weight is 390 g/mol. The molecule has 3 aromatic carbocycles. The molecule has 3 aromatic rings. The van der Waals surface area contributed by atoms with Gasteiger partial charge in [0.15, 0.2) is 0 Å². The molecule has 1 aliphatic carbocycles. The van der Waals surface area contributed by atoms with E-state index >= 15 is 0 Å². The van der Waals surface area contributed by atoms with Gasteiger partial charge in [-0.05, 0) is 65.3 Å². The van der Waals surface area contributed by atoms with Crippen LogP contribution in [0.4, 0.5) is 0 Å². The number of hydrogen-bond donors (Lipinski definition) is 2. The molecule has 0 aromatic heterocycles. The Morgan fingerprint density at radius 3 is 2.55 bits per heavy atom. The van der Waals surface area contributed by atoms with Gasteiger partial charge in [-0.15, -0.1) is 0 Å². The molecule has 4 nitrogen and oxygen atoms in total. The number of fused-ring (bicyclic) bond motifs is 1. The number of carbonyl (C=O) groups is 1. The van der Waals surface area contributed by atoms with Gasteiger partial charge >= 0.3 is 5.97 Å². The summed E-state index contributed by atoms with van der Waals surface area (Å²) in [6, 6.07) is 17.4. The maximum Gasteiger partial charge on any atom is 0.303 e. The molecule has 1 fully saturated rings. The normalized spacial score (nSPS) is 14.3. The Morgan fingerprint density at radius 1 is 1.00 bits per heavy atom. The molecule has 0 saturated heterocycles. The molecule has 1 saturated carbocycles. The zero-order chi connectivity index (χ0) is 20.2. The fraction of sp³-hybridized carbons (Fsp3) is 0.320. The number of aryl methyl sites for hydroxylation is 1. The number of carboxylic acid groups (broad SMARTS) is 1. The van der Waals surface area contributed by atoms with Gasteiger partial charge < -0.3 is 14.9 Å². The van der Waals surface area contributed by atoms with Crippen molar-refractivity contribution in [2.75, 3.05) is 6.61 Å². The van der Waals surface area contributed by atoms with Crippen LogP contribution in [-0.2, 0) is 11.2 Å². The lowest BCUT2D eigenvalue weighted by Gasteiger charge is -2.19. The fourth-order valence-electron chi connectivity index (χ4n) is 4.20. The summed E-state index contributed by atoms with van der Waals surface area (Å²) in [6.45, 7) is 0.679. The Morgan fingerprint density at radius 2 is 1.76 bits per heavy atom. The molecule has 4 heteroatoms. The molecule has 150 valence electrons. The molecule has 1 aliphatic rings. The number of benzene rings is 3. The van der Waals surface area contributed by atoms with Gasteiger partial charge in [0, 0.05) is 12.0 Å². The molecular formula is C25H26O4. The summed E-state index contributed by atoms with van der Waals surface area (Å²) in [7, 11) is 0. The van der Waals surface area contributed by atoms with Crippen LogP contribution in [0.2, 0.25) is 0 Å².